The van der Waals surface area contributed by atoms with Gasteiger partial charge in [-0.15, -0.1) is 0 Å². The maximum atomic E-state index is 11.9. The van der Waals surface area contributed by atoms with E-state index in [-0.39, 0.29) is 19.2 Å². The van der Waals surface area contributed by atoms with Crippen LogP contribution < -0.4 is 0 Å². The van der Waals surface area contributed by atoms with Gasteiger partial charge in [-0.1, -0.05) is 120 Å². The lowest BCUT2D eigenvalue weighted by molar-refractivity contribution is -0.154. The summed E-state index contributed by atoms with van der Waals surface area (Å²) in [6.45, 7) is 5.11. The summed E-state index contributed by atoms with van der Waals surface area (Å²) in [4.78, 5) is 11.9. The molecule has 0 aliphatic heterocycles. The number of allylic oxidation sites excluding steroid dienone is 8. The molecule has 0 heterocycles. The van der Waals surface area contributed by atoms with E-state index in [1.165, 1.54) is 57.8 Å². The number of ether oxygens (including phenoxy) is 2. The van der Waals surface area contributed by atoms with Crippen LogP contribution in [0.3, 0.4) is 0 Å². The van der Waals surface area contributed by atoms with Crippen molar-refractivity contribution in [1.29, 1.82) is 0 Å². The number of hydrogen-bond acceptors (Lipinski definition) is 4. The molecule has 1 atom stereocenters. The zero-order chi connectivity index (χ0) is 27.1. The first-order valence-corrected chi connectivity index (χ1v) is 15.2. The molecule has 0 aliphatic carbocycles. The fraction of sp³-hybridized carbons (Fsp3) is 0.727. The van der Waals surface area contributed by atoms with Gasteiger partial charge in [-0.2, -0.15) is 0 Å². The number of esters is 1. The number of hydrogen-bond donors (Lipinski definition) is 1. The summed E-state index contributed by atoms with van der Waals surface area (Å²) in [5.41, 5.74) is 0. The van der Waals surface area contributed by atoms with Crippen molar-refractivity contribution in [3.63, 3.8) is 0 Å². The molecule has 214 valence electrons. The normalized spacial score (nSPS) is 13.1. The zero-order valence-electron chi connectivity index (χ0n) is 24.2. The molecular weight excluding hydrogens is 460 g/mol. The Balaban J connectivity index is 3.45. The highest BCUT2D eigenvalue weighted by Crippen LogP contribution is 2.10. The van der Waals surface area contributed by atoms with E-state index < -0.39 is 6.10 Å². The van der Waals surface area contributed by atoms with Crippen molar-refractivity contribution in [2.24, 2.45) is 0 Å². The Morgan fingerprint density at radius 1 is 0.676 bits per heavy atom. The predicted molar refractivity (Wildman–Crippen MR) is 159 cm³/mol. The molecule has 0 saturated carbocycles. The summed E-state index contributed by atoms with van der Waals surface area (Å²) in [6, 6.07) is 0. The van der Waals surface area contributed by atoms with Gasteiger partial charge in [0.05, 0.1) is 13.2 Å². The molecule has 0 aromatic carbocycles. The molecule has 1 N–H and O–H groups in total. The van der Waals surface area contributed by atoms with Crippen molar-refractivity contribution in [2.45, 2.75) is 136 Å². The summed E-state index contributed by atoms with van der Waals surface area (Å²) >= 11 is 0. The Morgan fingerprint density at radius 2 is 1.22 bits per heavy atom. The molecule has 4 heteroatoms. The number of rotatable bonds is 27. The SMILES string of the molecule is CC/C=C\C/C=C\C/C=C\C/C=C\CCCCCCCCCOCC(CO)OC(=O)CCCCCCC. The molecule has 0 fully saturated rings. The molecule has 0 bridgehead atoms. The maximum absolute atomic E-state index is 11.9. The third kappa shape index (κ3) is 28.8. The Labute approximate surface area is 229 Å². The van der Waals surface area contributed by atoms with Gasteiger partial charge in [-0.3, -0.25) is 4.79 Å². The van der Waals surface area contributed by atoms with Gasteiger partial charge in [0.2, 0.25) is 0 Å². The number of aliphatic hydroxyl groups excluding tert-OH is 1. The number of unbranched alkanes of at least 4 members (excludes halogenated alkanes) is 11. The van der Waals surface area contributed by atoms with E-state index in [1.54, 1.807) is 0 Å². The third-order valence-electron chi connectivity index (χ3n) is 6.17. The molecule has 0 aromatic rings. The van der Waals surface area contributed by atoms with Gasteiger partial charge >= 0.3 is 5.97 Å². The van der Waals surface area contributed by atoms with Gasteiger partial charge in [-0.05, 0) is 51.4 Å². The van der Waals surface area contributed by atoms with Crippen LogP contribution in [0, 0.1) is 0 Å². The van der Waals surface area contributed by atoms with Crippen LogP contribution in [0.5, 0.6) is 0 Å². The van der Waals surface area contributed by atoms with Crippen LogP contribution in [0.4, 0.5) is 0 Å². The minimum Gasteiger partial charge on any atom is -0.457 e. The van der Waals surface area contributed by atoms with E-state index in [0.717, 1.165) is 51.4 Å². The molecule has 0 rings (SSSR count). The standard InChI is InChI=1S/C33H58O4/c1-3-5-7-9-10-11-12-13-14-15-16-17-18-19-20-21-22-23-25-27-29-36-31-32(30-34)37-33(35)28-26-24-8-6-4-2/h5,7,10-11,13-14,16-17,32,34H,3-4,6,8-9,12,15,18-31H2,1-2H3/b7-5-,11-10-,14-13-,17-16-. The second kappa shape index (κ2) is 30.6. The largest absolute Gasteiger partial charge is 0.457 e. The Morgan fingerprint density at radius 3 is 1.84 bits per heavy atom. The minimum atomic E-state index is -0.534. The maximum Gasteiger partial charge on any atom is 0.306 e. The van der Waals surface area contributed by atoms with E-state index in [2.05, 4.69) is 62.5 Å². The van der Waals surface area contributed by atoms with E-state index >= 15 is 0 Å². The van der Waals surface area contributed by atoms with Crippen LogP contribution in [0.25, 0.3) is 0 Å². The van der Waals surface area contributed by atoms with E-state index in [0.29, 0.717) is 13.0 Å². The molecule has 0 aromatic heterocycles. The predicted octanol–water partition coefficient (Wildman–Crippen LogP) is 9.19. The highest BCUT2D eigenvalue weighted by molar-refractivity contribution is 5.69. The number of aliphatic hydroxyl groups is 1. The second-order valence-electron chi connectivity index (χ2n) is 9.80. The van der Waals surface area contributed by atoms with Gasteiger partial charge in [0, 0.05) is 13.0 Å². The molecule has 0 amide bonds. The van der Waals surface area contributed by atoms with E-state index in [1.807, 2.05) is 0 Å². The molecule has 0 aliphatic rings. The van der Waals surface area contributed by atoms with Crippen LogP contribution in [0.2, 0.25) is 0 Å². The summed E-state index contributed by atoms with van der Waals surface area (Å²) < 4.78 is 11.0. The average molecular weight is 519 g/mol. The summed E-state index contributed by atoms with van der Waals surface area (Å²) in [7, 11) is 0. The van der Waals surface area contributed by atoms with Gasteiger partial charge in [0.1, 0.15) is 6.10 Å². The van der Waals surface area contributed by atoms with Crippen molar-refractivity contribution >= 4 is 5.97 Å². The lowest BCUT2D eigenvalue weighted by Crippen LogP contribution is -2.27. The van der Waals surface area contributed by atoms with Crippen molar-refractivity contribution in [1.82, 2.24) is 0 Å². The monoisotopic (exact) mass is 518 g/mol. The van der Waals surface area contributed by atoms with Crippen molar-refractivity contribution < 1.29 is 19.4 Å². The highest BCUT2D eigenvalue weighted by Gasteiger charge is 2.13. The van der Waals surface area contributed by atoms with Gasteiger partial charge in [0.15, 0.2) is 0 Å². The fourth-order valence-corrected chi connectivity index (χ4v) is 3.90. The first kappa shape index (κ1) is 35.4. The van der Waals surface area contributed by atoms with Crippen molar-refractivity contribution in [2.75, 3.05) is 19.8 Å². The Kier molecular flexibility index (Phi) is 29.2. The van der Waals surface area contributed by atoms with Crippen LogP contribution in [0.1, 0.15) is 129 Å². The second-order valence-corrected chi connectivity index (χ2v) is 9.80. The molecule has 37 heavy (non-hydrogen) atoms. The highest BCUT2D eigenvalue weighted by atomic mass is 16.6. The molecule has 0 spiro atoms. The number of carbonyl (C=O) groups excluding carboxylic acids is 1. The first-order valence-electron chi connectivity index (χ1n) is 15.2. The fourth-order valence-electron chi connectivity index (χ4n) is 3.90. The third-order valence-corrected chi connectivity index (χ3v) is 6.17. The van der Waals surface area contributed by atoms with E-state index in [4.69, 9.17) is 9.47 Å². The Hall–Kier alpha value is -1.65. The summed E-state index contributed by atoms with van der Waals surface area (Å²) in [5, 5.41) is 9.42. The molecule has 1 unspecified atom stereocenters. The lowest BCUT2D eigenvalue weighted by Gasteiger charge is -2.15. The molecule has 4 nitrogen and oxygen atoms in total. The van der Waals surface area contributed by atoms with Crippen LogP contribution >= 0.6 is 0 Å². The van der Waals surface area contributed by atoms with Crippen LogP contribution in [-0.4, -0.2) is 37.0 Å². The van der Waals surface area contributed by atoms with Crippen LogP contribution in [-0.2, 0) is 14.3 Å². The van der Waals surface area contributed by atoms with Gasteiger partial charge in [0.25, 0.3) is 0 Å². The quantitative estimate of drug-likeness (QED) is 0.0669. The summed E-state index contributed by atoms with van der Waals surface area (Å²) in [6.07, 6.45) is 37.4. The molecule has 0 radical (unpaired) electrons. The minimum absolute atomic E-state index is 0.178. The van der Waals surface area contributed by atoms with Crippen molar-refractivity contribution in [3.05, 3.63) is 48.6 Å². The molecular formula is C33H58O4. The van der Waals surface area contributed by atoms with Crippen LogP contribution in [0.15, 0.2) is 48.6 Å². The number of carbonyl (C=O) groups is 1. The van der Waals surface area contributed by atoms with E-state index in [9.17, 15) is 9.90 Å². The van der Waals surface area contributed by atoms with Gasteiger partial charge in [-0.25, -0.2) is 0 Å². The topological polar surface area (TPSA) is 55.8 Å². The summed E-state index contributed by atoms with van der Waals surface area (Å²) in [5.74, 6) is -0.221. The zero-order valence-corrected chi connectivity index (χ0v) is 24.2. The molecule has 0 saturated heterocycles. The average Bonchev–Trinajstić information content (AvgIpc) is 2.90. The smallest absolute Gasteiger partial charge is 0.306 e. The Bertz CT molecular complexity index is 591. The lowest BCUT2D eigenvalue weighted by atomic mass is 10.1. The first-order chi connectivity index (χ1) is 18.2. The van der Waals surface area contributed by atoms with Crippen molar-refractivity contribution in [3.8, 4) is 0 Å². The van der Waals surface area contributed by atoms with Gasteiger partial charge < -0.3 is 14.6 Å².